The van der Waals surface area contributed by atoms with Crippen LogP contribution in [0, 0.1) is 11.8 Å². The van der Waals surface area contributed by atoms with Crippen LogP contribution in [-0.4, -0.2) is 47.1 Å². The third-order valence-corrected chi connectivity index (χ3v) is 3.95. The van der Waals surface area contributed by atoms with Crippen molar-refractivity contribution in [3.63, 3.8) is 0 Å². The highest BCUT2D eigenvalue weighted by molar-refractivity contribution is 5.85. The van der Waals surface area contributed by atoms with Gasteiger partial charge in [-0.2, -0.15) is 0 Å². The summed E-state index contributed by atoms with van der Waals surface area (Å²) in [6.07, 6.45) is 2.11. The number of nitrogens with zero attached hydrogens (tertiary/aromatic N) is 1. The largest absolute Gasteiger partial charge is 0.480 e. The van der Waals surface area contributed by atoms with Gasteiger partial charge in [0.2, 0.25) is 5.91 Å². The first-order chi connectivity index (χ1) is 9.31. The summed E-state index contributed by atoms with van der Waals surface area (Å²) >= 11 is 0. The molecule has 0 bridgehead atoms. The van der Waals surface area contributed by atoms with Crippen molar-refractivity contribution in [2.24, 2.45) is 11.8 Å². The number of rotatable bonds is 6. The van der Waals surface area contributed by atoms with Crippen molar-refractivity contribution in [3.05, 3.63) is 0 Å². The van der Waals surface area contributed by atoms with Crippen molar-refractivity contribution in [2.75, 3.05) is 13.1 Å². The van der Waals surface area contributed by atoms with Gasteiger partial charge in [-0.05, 0) is 52.1 Å². The van der Waals surface area contributed by atoms with Gasteiger partial charge in [-0.15, -0.1) is 0 Å². The van der Waals surface area contributed by atoms with Crippen LogP contribution in [0.3, 0.4) is 0 Å². The average Bonchev–Trinajstić information content (AvgIpc) is 2.37. The lowest BCUT2D eigenvalue weighted by Crippen LogP contribution is -2.47. The van der Waals surface area contributed by atoms with Gasteiger partial charge in [-0.3, -0.25) is 4.79 Å². The number of carbonyl (C=O) groups excluding carboxylic acids is 1. The summed E-state index contributed by atoms with van der Waals surface area (Å²) in [6, 6.07) is -0.252. The van der Waals surface area contributed by atoms with Crippen LogP contribution in [0.25, 0.3) is 0 Å². The molecule has 0 unspecified atom stereocenters. The predicted octanol–water partition coefficient (Wildman–Crippen LogP) is 1.72. The van der Waals surface area contributed by atoms with Crippen molar-refractivity contribution in [1.82, 2.24) is 10.2 Å². The minimum absolute atomic E-state index is 0.0426. The molecular formula is C15H28N2O3. The Labute approximate surface area is 121 Å². The van der Waals surface area contributed by atoms with E-state index in [-0.39, 0.29) is 17.7 Å². The number of piperidine rings is 1. The molecule has 2 N–H and O–H groups in total. The summed E-state index contributed by atoms with van der Waals surface area (Å²) in [7, 11) is 0. The monoisotopic (exact) mass is 284 g/mol. The molecule has 1 saturated heterocycles. The standard InChI is InChI=1S/C15H28N2O3/c1-10(2)9-13(15(19)20)16-14(18)12-5-7-17(8-6-12)11(3)4/h10-13H,5-9H2,1-4H3,(H,16,18)(H,19,20)/t13-/m1/s1. The number of nitrogens with one attached hydrogen (secondary N) is 1. The van der Waals surface area contributed by atoms with Crippen LogP contribution in [-0.2, 0) is 9.59 Å². The summed E-state index contributed by atoms with van der Waals surface area (Å²) < 4.78 is 0. The van der Waals surface area contributed by atoms with E-state index >= 15 is 0 Å². The number of hydrogen-bond acceptors (Lipinski definition) is 3. The number of amides is 1. The molecule has 1 aliphatic rings. The van der Waals surface area contributed by atoms with Gasteiger partial charge < -0.3 is 15.3 Å². The molecular weight excluding hydrogens is 256 g/mol. The Morgan fingerprint density at radius 2 is 1.75 bits per heavy atom. The van der Waals surface area contributed by atoms with Crippen LogP contribution in [0.15, 0.2) is 0 Å². The predicted molar refractivity (Wildman–Crippen MR) is 78.5 cm³/mol. The van der Waals surface area contributed by atoms with E-state index in [9.17, 15) is 9.59 Å². The molecule has 1 amide bonds. The Bertz CT molecular complexity index is 334. The summed E-state index contributed by atoms with van der Waals surface area (Å²) in [6.45, 7) is 10.1. The first-order valence-electron chi connectivity index (χ1n) is 7.58. The van der Waals surface area contributed by atoms with Crippen LogP contribution in [0.5, 0.6) is 0 Å². The second-order valence-corrected chi connectivity index (χ2v) is 6.43. The van der Waals surface area contributed by atoms with E-state index in [1.807, 2.05) is 13.8 Å². The number of aliphatic carboxylic acids is 1. The second-order valence-electron chi connectivity index (χ2n) is 6.43. The average molecular weight is 284 g/mol. The molecule has 0 aliphatic carbocycles. The molecule has 1 atom stereocenters. The molecule has 1 heterocycles. The van der Waals surface area contributed by atoms with E-state index in [0.717, 1.165) is 25.9 Å². The quantitative estimate of drug-likeness (QED) is 0.779. The zero-order valence-electron chi connectivity index (χ0n) is 13.1. The number of carboxylic acid groups (broad SMARTS) is 1. The Hall–Kier alpha value is -1.10. The van der Waals surface area contributed by atoms with Crippen LogP contribution >= 0.6 is 0 Å². The van der Waals surface area contributed by atoms with Crippen LogP contribution < -0.4 is 5.32 Å². The number of carbonyl (C=O) groups is 2. The molecule has 0 radical (unpaired) electrons. The van der Waals surface area contributed by atoms with Gasteiger partial charge >= 0.3 is 5.97 Å². The molecule has 1 aliphatic heterocycles. The minimum atomic E-state index is -0.938. The fraction of sp³-hybridized carbons (Fsp3) is 0.867. The topological polar surface area (TPSA) is 69.6 Å². The van der Waals surface area contributed by atoms with Gasteiger partial charge in [0.15, 0.2) is 0 Å². The zero-order valence-corrected chi connectivity index (χ0v) is 13.1. The fourth-order valence-electron chi connectivity index (χ4n) is 2.66. The molecule has 0 aromatic rings. The number of carboxylic acids is 1. The Morgan fingerprint density at radius 3 is 2.15 bits per heavy atom. The molecule has 0 aromatic carbocycles. The van der Waals surface area contributed by atoms with E-state index in [1.54, 1.807) is 0 Å². The van der Waals surface area contributed by atoms with Crippen molar-refractivity contribution in [1.29, 1.82) is 0 Å². The normalized spacial score (nSPS) is 19.3. The Kier molecular flexibility index (Phi) is 6.46. The van der Waals surface area contributed by atoms with Crippen LogP contribution in [0.4, 0.5) is 0 Å². The summed E-state index contributed by atoms with van der Waals surface area (Å²) in [5, 5.41) is 11.9. The Balaban J connectivity index is 2.48. The van der Waals surface area contributed by atoms with Crippen molar-refractivity contribution >= 4 is 11.9 Å². The highest BCUT2D eigenvalue weighted by Gasteiger charge is 2.29. The maximum absolute atomic E-state index is 12.2. The summed E-state index contributed by atoms with van der Waals surface area (Å²) in [5.41, 5.74) is 0. The highest BCUT2D eigenvalue weighted by Crippen LogP contribution is 2.19. The highest BCUT2D eigenvalue weighted by atomic mass is 16.4. The first kappa shape index (κ1) is 17.0. The van der Waals surface area contributed by atoms with Gasteiger partial charge in [0.05, 0.1) is 0 Å². The Morgan fingerprint density at radius 1 is 1.20 bits per heavy atom. The molecule has 116 valence electrons. The maximum Gasteiger partial charge on any atom is 0.326 e. The van der Waals surface area contributed by atoms with E-state index in [1.165, 1.54) is 0 Å². The third kappa shape index (κ3) is 5.12. The SMILES string of the molecule is CC(C)C[C@@H](NC(=O)C1CCN(C(C)C)CC1)C(=O)O. The smallest absolute Gasteiger partial charge is 0.326 e. The summed E-state index contributed by atoms with van der Waals surface area (Å²) in [4.78, 5) is 25.7. The van der Waals surface area contributed by atoms with Gasteiger partial charge in [0.1, 0.15) is 6.04 Å². The van der Waals surface area contributed by atoms with Crippen LogP contribution in [0.2, 0.25) is 0 Å². The molecule has 0 spiro atoms. The van der Waals surface area contributed by atoms with E-state index in [4.69, 9.17) is 5.11 Å². The van der Waals surface area contributed by atoms with Crippen molar-refractivity contribution in [3.8, 4) is 0 Å². The van der Waals surface area contributed by atoms with Crippen molar-refractivity contribution < 1.29 is 14.7 Å². The van der Waals surface area contributed by atoms with E-state index < -0.39 is 12.0 Å². The summed E-state index contributed by atoms with van der Waals surface area (Å²) in [5.74, 6) is -0.827. The minimum Gasteiger partial charge on any atom is -0.480 e. The van der Waals surface area contributed by atoms with E-state index in [2.05, 4.69) is 24.1 Å². The lowest BCUT2D eigenvalue weighted by molar-refractivity contribution is -0.143. The lowest BCUT2D eigenvalue weighted by atomic mass is 9.94. The lowest BCUT2D eigenvalue weighted by Gasteiger charge is -2.34. The number of likely N-dealkylation sites (tertiary alicyclic amines) is 1. The molecule has 5 heteroatoms. The molecule has 1 fully saturated rings. The molecule has 0 aromatic heterocycles. The first-order valence-corrected chi connectivity index (χ1v) is 7.58. The molecule has 20 heavy (non-hydrogen) atoms. The van der Waals surface area contributed by atoms with E-state index in [0.29, 0.717) is 12.5 Å². The van der Waals surface area contributed by atoms with Gasteiger partial charge in [-0.25, -0.2) is 4.79 Å². The van der Waals surface area contributed by atoms with Crippen LogP contribution in [0.1, 0.15) is 47.0 Å². The second kappa shape index (κ2) is 7.62. The zero-order chi connectivity index (χ0) is 15.3. The fourth-order valence-corrected chi connectivity index (χ4v) is 2.66. The molecule has 0 saturated carbocycles. The number of hydrogen-bond donors (Lipinski definition) is 2. The molecule has 5 nitrogen and oxygen atoms in total. The van der Waals surface area contributed by atoms with Crippen molar-refractivity contribution in [2.45, 2.75) is 59.0 Å². The third-order valence-electron chi connectivity index (χ3n) is 3.95. The molecule has 1 rings (SSSR count). The maximum atomic E-state index is 12.2. The van der Waals surface area contributed by atoms with Gasteiger partial charge in [-0.1, -0.05) is 13.8 Å². The van der Waals surface area contributed by atoms with Gasteiger partial charge in [0, 0.05) is 12.0 Å². The van der Waals surface area contributed by atoms with Gasteiger partial charge in [0.25, 0.3) is 0 Å².